The maximum Gasteiger partial charge on any atom is 0.241 e. The number of carbonyl (C=O) groups excluding carboxylic acids is 1. The van der Waals surface area contributed by atoms with Crippen LogP contribution in [-0.4, -0.2) is 31.0 Å². The molecular weight excluding hydrogens is 216 g/mol. The Kier molecular flexibility index (Phi) is 4.90. The highest BCUT2D eigenvalue weighted by molar-refractivity contribution is 5.94. The van der Waals surface area contributed by atoms with Crippen LogP contribution in [0.1, 0.15) is 19.8 Å². The van der Waals surface area contributed by atoms with Gasteiger partial charge in [0.2, 0.25) is 5.91 Å². The molecule has 0 bridgehead atoms. The summed E-state index contributed by atoms with van der Waals surface area (Å²) >= 11 is 0. The molecule has 1 aromatic rings. The summed E-state index contributed by atoms with van der Waals surface area (Å²) in [6.45, 7) is 2.00. The molecule has 0 saturated carbocycles. The minimum absolute atomic E-state index is 0.161. The van der Waals surface area contributed by atoms with Gasteiger partial charge in [0.15, 0.2) is 0 Å². The van der Waals surface area contributed by atoms with Gasteiger partial charge in [-0.05, 0) is 18.6 Å². The molecule has 1 heterocycles. The Morgan fingerprint density at radius 3 is 2.71 bits per heavy atom. The second-order valence-corrected chi connectivity index (χ2v) is 4.18. The SMILES string of the molecule is CCC[C@H](N)C(=O)Nc1ccc(N(C)C)nc1. The Bertz CT molecular complexity index is 361. The van der Waals surface area contributed by atoms with Crippen molar-refractivity contribution in [1.29, 1.82) is 0 Å². The number of nitrogens with two attached hydrogens (primary N) is 1. The smallest absolute Gasteiger partial charge is 0.241 e. The molecule has 94 valence electrons. The van der Waals surface area contributed by atoms with Crippen molar-refractivity contribution in [3.8, 4) is 0 Å². The van der Waals surface area contributed by atoms with Gasteiger partial charge < -0.3 is 16.0 Å². The number of carbonyl (C=O) groups is 1. The number of nitrogens with zero attached hydrogens (tertiary/aromatic N) is 2. The van der Waals surface area contributed by atoms with Crippen LogP contribution in [0.2, 0.25) is 0 Å². The van der Waals surface area contributed by atoms with E-state index in [0.29, 0.717) is 12.1 Å². The van der Waals surface area contributed by atoms with Gasteiger partial charge in [0.05, 0.1) is 17.9 Å². The number of pyridine rings is 1. The molecule has 1 amide bonds. The van der Waals surface area contributed by atoms with E-state index < -0.39 is 6.04 Å². The van der Waals surface area contributed by atoms with Gasteiger partial charge in [-0.1, -0.05) is 13.3 Å². The molecule has 5 heteroatoms. The van der Waals surface area contributed by atoms with Crippen LogP contribution in [0.3, 0.4) is 0 Å². The molecule has 0 aliphatic carbocycles. The van der Waals surface area contributed by atoms with Crippen molar-refractivity contribution in [2.45, 2.75) is 25.8 Å². The van der Waals surface area contributed by atoms with Crippen molar-refractivity contribution in [3.05, 3.63) is 18.3 Å². The lowest BCUT2D eigenvalue weighted by Gasteiger charge is -2.13. The summed E-state index contributed by atoms with van der Waals surface area (Å²) < 4.78 is 0. The maximum absolute atomic E-state index is 11.6. The lowest BCUT2D eigenvalue weighted by molar-refractivity contribution is -0.117. The predicted octanol–water partition coefficient (Wildman–Crippen LogP) is 1.21. The molecule has 1 rings (SSSR count). The van der Waals surface area contributed by atoms with Crippen LogP contribution in [0.4, 0.5) is 11.5 Å². The third-order valence-electron chi connectivity index (χ3n) is 2.41. The largest absolute Gasteiger partial charge is 0.363 e. The van der Waals surface area contributed by atoms with E-state index in [2.05, 4.69) is 10.3 Å². The zero-order valence-electron chi connectivity index (χ0n) is 10.6. The molecule has 5 nitrogen and oxygen atoms in total. The summed E-state index contributed by atoms with van der Waals surface area (Å²) in [6, 6.07) is 3.22. The molecule has 3 N–H and O–H groups in total. The Hall–Kier alpha value is -1.62. The zero-order valence-corrected chi connectivity index (χ0v) is 10.6. The van der Waals surface area contributed by atoms with Gasteiger partial charge in [-0.3, -0.25) is 4.79 Å². The molecule has 0 saturated heterocycles. The van der Waals surface area contributed by atoms with Crippen LogP contribution in [0, 0.1) is 0 Å². The van der Waals surface area contributed by atoms with Gasteiger partial charge in [-0.15, -0.1) is 0 Å². The zero-order chi connectivity index (χ0) is 12.8. The van der Waals surface area contributed by atoms with Crippen molar-refractivity contribution in [2.24, 2.45) is 5.73 Å². The number of rotatable bonds is 5. The minimum Gasteiger partial charge on any atom is -0.363 e. The van der Waals surface area contributed by atoms with Crippen molar-refractivity contribution in [1.82, 2.24) is 4.98 Å². The van der Waals surface area contributed by atoms with E-state index in [1.165, 1.54) is 0 Å². The molecule has 1 aromatic heterocycles. The summed E-state index contributed by atoms with van der Waals surface area (Å²) in [5.41, 5.74) is 6.39. The Morgan fingerprint density at radius 1 is 1.53 bits per heavy atom. The summed E-state index contributed by atoms with van der Waals surface area (Å²) in [5.74, 6) is 0.687. The van der Waals surface area contributed by atoms with Crippen molar-refractivity contribution < 1.29 is 4.79 Å². The molecule has 0 unspecified atom stereocenters. The number of amides is 1. The number of hydrogen-bond donors (Lipinski definition) is 2. The molecule has 0 aliphatic rings. The molecule has 0 spiro atoms. The topological polar surface area (TPSA) is 71.2 Å². The number of nitrogens with one attached hydrogen (secondary N) is 1. The summed E-state index contributed by atoms with van der Waals surface area (Å²) in [7, 11) is 3.83. The average Bonchev–Trinajstić information content (AvgIpc) is 2.30. The van der Waals surface area contributed by atoms with E-state index in [-0.39, 0.29) is 5.91 Å². The first-order chi connectivity index (χ1) is 8.04. The highest BCUT2D eigenvalue weighted by atomic mass is 16.2. The fourth-order valence-corrected chi connectivity index (χ4v) is 1.40. The monoisotopic (exact) mass is 236 g/mol. The normalized spacial score (nSPS) is 12.0. The number of aromatic nitrogens is 1. The fourth-order valence-electron chi connectivity index (χ4n) is 1.40. The van der Waals surface area contributed by atoms with Crippen molar-refractivity contribution in [3.63, 3.8) is 0 Å². The van der Waals surface area contributed by atoms with Crippen LogP contribution in [0.15, 0.2) is 18.3 Å². The number of anilines is 2. The molecule has 0 radical (unpaired) electrons. The molecule has 0 fully saturated rings. The van der Waals surface area contributed by atoms with Gasteiger partial charge in [-0.2, -0.15) is 0 Å². The van der Waals surface area contributed by atoms with E-state index in [1.807, 2.05) is 38.1 Å². The lowest BCUT2D eigenvalue weighted by Crippen LogP contribution is -2.35. The summed E-state index contributed by atoms with van der Waals surface area (Å²) in [5, 5.41) is 2.75. The molecule has 0 aliphatic heterocycles. The van der Waals surface area contributed by atoms with E-state index in [4.69, 9.17) is 5.73 Å². The minimum atomic E-state index is -0.450. The van der Waals surface area contributed by atoms with Crippen LogP contribution in [0.25, 0.3) is 0 Å². The highest BCUT2D eigenvalue weighted by Crippen LogP contribution is 2.12. The molecule has 1 atom stereocenters. The standard InChI is InChI=1S/C12H20N4O/c1-4-5-10(13)12(17)15-9-6-7-11(14-8-9)16(2)3/h6-8,10H,4-5,13H2,1-3H3,(H,15,17)/t10-/m0/s1. The van der Waals surface area contributed by atoms with Crippen molar-refractivity contribution in [2.75, 3.05) is 24.3 Å². The quantitative estimate of drug-likeness (QED) is 0.806. The van der Waals surface area contributed by atoms with E-state index in [1.54, 1.807) is 6.20 Å². The van der Waals surface area contributed by atoms with Gasteiger partial charge in [0, 0.05) is 14.1 Å². The first-order valence-corrected chi connectivity index (χ1v) is 5.74. The predicted molar refractivity (Wildman–Crippen MR) is 70.1 cm³/mol. The summed E-state index contributed by atoms with van der Waals surface area (Å²) in [6.07, 6.45) is 3.22. The number of hydrogen-bond acceptors (Lipinski definition) is 4. The van der Waals surface area contributed by atoms with Gasteiger partial charge in [0.1, 0.15) is 5.82 Å². The van der Waals surface area contributed by atoms with Crippen LogP contribution in [0.5, 0.6) is 0 Å². The Labute approximate surface area is 102 Å². The lowest BCUT2D eigenvalue weighted by atomic mass is 10.1. The van der Waals surface area contributed by atoms with Gasteiger partial charge in [0.25, 0.3) is 0 Å². The first kappa shape index (κ1) is 13.4. The van der Waals surface area contributed by atoms with E-state index in [0.717, 1.165) is 12.2 Å². The third kappa shape index (κ3) is 4.03. The second-order valence-electron chi connectivity index (χ2n) is 4.18. The molecule has 0 aromatic carbocycles. The van der Waals surface area contributed by atoms with Gasteiger partial charge >= 0.3 is 0 Å². The second kappa shape index (κ2) is 6.20. The summed E-state index contributed by atoms with van der Waals surface area (Å²) in [4.78, 5) is 17.8. The first-order valence-electron chi connectivity index (χ1n) is 5.74. The highest BCUT2D eigenvalue weighted by Gasteiger charge is 2.12. The average molecular weight is 236 g/mol. The Balaban J connectivity index is 2.60. The van der Waals surface area contributed by atoms with E-state index in [9.17, 15) is 4.79 Å². The maximum atomic E-state index is 11.6. The molecular formula is C12H20N4O. The molecule has 17 heavy (non-hydrogen) atoms. The van der Waals surface area contributed by atoms with Crippen molar-refractivity contribution >= 4 is 17.4 Å². The third-order valence-corrected chi connectivity index (χ3v) is 2.41. The van der Waals surface area contributed by atoms with E-state index >= 15 is 0 Å². The fraction of sp³-hybridized carbons (Fsp3) is 0.500. The van der Waals surface area contributed by atoms with Gasteiger partial charge in [-0.25, -0.2) is 4.98 Å². The Morgan fingerprint density at radius 2 is 2.24 bits per heavy atom. The van der Waals surface area contributed by atoms with Crippen LogP contribution < -0.4 is 16.0 Å². The van der Waals surface area contributed by atoms with Crippen LogP contribution in [-0.2, 0) is 4.79 Å². The van der Waals surface area contributed by atoms with Crippen LogP contribution >= 0.6 is 0 Å².